The van der Waals surface area contributed by atoms with Gasteiger partial charge in [0.25, 0.3) is 0 Å². The minimum atomic E-state index is -0.854. The standard InChI is InChI=1S/C21H30O/c1-4-21(22)14-11-18-16-9-8-15-7-5-6-12-19(15,2)17(16)10-13-20(18,21)3/h1,5-6,15-18,22H,7-14H2,2-3H3/t15?,16-,17-,18+,19+,20+,21?/m1/s1. The summed E-state index contributed by atoms with van der Waals surface area (Å²) in [5.41, 5.74) is -0.403. The summed E-state index contributed by atoms with van der Waals surface area (Å²) < 4.78 is 0. The third-order valence-electron chi connectivity index (χ3n) is 8.60. The van der Waals surface area contributed by atoms with Gasteiger partial charge in [0.1, 0.15) is 5.60 Å². The predicted molar refractivity (Wildman–Crippen MR) is 90.0 cm³/mol. The fraction of sp³-hybridized carbons (Fsp3) is 0.810. The lowest BCUT2D eigenvalue weighted by molar-refractivity contribution is -0.125. The third-order valence-corrected chi connectivity index (χ3v) is 8.60. The highest BCUT2D eigenvalue weighted by atomic mass is 16.3. The molecule has 2 unspecified atom stereocenters. The third kappa shape index (κ3) is 1.66. The van der Waals surface area contributed by atoms with E-state index in [-0.39, 0.29) is 5.41 Å². The van der Waals surface area contributed by atoms with Crippen molar-refractivity contribution in [3.05, 3.63) is 12.2 Å². The average molecular weight is 298 g/mol. The summed E-state index contributed by atoms with van der Waals surface area (Å²) in [4.78, 5) is 0. The second-order valence-electron chi connectivity index (χ2n) is 9.07. The number of rotatable bonds is 0. The Hall–Kier alpha value is -0.740. The van der Waals surface area contributed by atoms with Crippen LogP contribution >= 0.6 is 0 Å². The largest absolute Gasteiger partial charge is 0.377 e. The maximum absolute atomic E-state index is 11.0. The van der Waals surface area contributed by atoms with Crippen LogP contribution in [0.5, 0.6) is 0 Å². The van der Waals surface area contributed by atoms with E-state index >= 15 is 0 Å². The highest BCUT2D eigenvalue weighted by Crippen LogP contribution is 2.67. The maximum Gasteiger partial charge on any atom is 0.130 e. The van der Waals surface area contributed by atoms with Gasteiger partial charge < -0.3 is 5.11 Å². The molecule has 0 heterocycles. The maximum atomic E-state index is 11.0. The molecule has 4 rings (SSSR count). The van der Waals surface area contributed by atoms with E-state index in [4.69, 9.17) is 6.42 Å². The number of aliphatic hydroxyl groups is 1. The first kappa shape index (κ1) is 14.8. The van der Waals surface area contributed by atoms with Gasteiger partial charge in [-0.05, 0) is 80.5 Å². The molecule has 0 aromatic heterocycles. The summed E-state index contributed by atoms with van der Waals surface area (Å²) >= 11 is 0. The first-order valence-corrected chi connectivity index (χ1v) is 9.30. The molecule has 0 bridgehead atoms. The lowest BCUT2D eigenvalue weighted by Gasteiger charge is -2.60. The predicted octanol–water partition coefficient (Wildman–Crippen LogP) is 4.56. The first-order valence-electron chi connectivity index (χ1n) is 9.30. The van der Waals surface area contributed by atoms with E-state index in [1.54, 1.807) is 0 Å². The topological polar surface area (TPSA) is 20.2 Å². The summed E-state index contributed by atoms with van der Waals surface area (Å²) in [5.74, 6) is 5.93. The monoisotopic (exact) mass is 298 g/mol. The Kier molecular flexibility index (Phi) is 3.12. The van der Waals surface area contributed by atoms with Crippen LogP contribution in [0.1, 0.15) is 65.2 Å². The van der Waals surface area contributed by atoms with E-state index in [1.165, 1.54) is 32.1 Å². The van der Waals surface area contributed by atoms with Crippen molar-refractivity contribution in [2.24, 2.45) is 34.5 Å². The zero-order valence-electron chi connectivity index (χ0n) is 14.1. The molecule has 1 N–H and O–H groups in total. The van der Waals surface area contributed by atoms with Crippen molar-refractivity contribution in [3.63, 3.8) is 0 Å². The normalized spacial score (nSPS) is 56.6. The molecule has 7 atom stereocenters. The van der Waals surface area contributed by atoms with Crippen LogP contribution < -0.4 is 0 Å². The second-order valence-corrected chi connectivity index (χ2v) is 9.07. The van der Waals surface area contributed by atoms with Crippen molar-refractivity contribution in [1.29, 1.82) is 0 Å². The van der Waals surface area contributed by atoms with Crippen molar-refractivity contribution >= 4 is 0 Å². The summed E-state index contributed by atoms with van der Waals surface area (Å²) in [5, 5.41) is 11.0. The minimum Gasteiger partial charge on any atom is -0.377 e. The van der Waals surface area contributed by atoms with Crippen molar-refractivity contribution in [2.75, 3.05) is 0 Å². The molecular formula is C21H30O. The van der Waals surface area contributed by atoms with Crippen LogP contribution in [0.2, 0.25) is 0 Å². The molecule has 4 aliphatic rings. The molecule has 0 spiro atoms. The van der Waals surface area contributed by atoms with Crippen LogP contribution in [0.15, 0.2) is 12.2 Å². The molecule has 3 fully saturated rings. The van der Waals surface area contributed by atoms with Crippen LogP contribution in [0.4, 0.5) is 0 Å². The van der Waals surface area contributed by atoms with Gasteiger partial charge in [-0.15, -0.1) is 6.42 Å². The minimum absolute atomic E-state index is 0.0450. The van der Waals surface area contributed by atoms with Gasteiger partial charge in [0.15, 0.2) is 0 Å². The van der Waals surface area contributed by atoms with Gasteiger partial charge >= 0.3 is 0 Å². The van der Waals surface area contributed by atoms with Crippen LogP contribution in [-0.2, 0) is 0 Å². The van der Waals surface area contributed by atoms with Crippen molar-refractivity contribution in [2.45, 2.75) is 70.8 Å². The Bertz CT molecular complexity index is 543. The van der Waals surface area contributed by atoms with E-state index in [1.807, 2.05) is 0 Å². The molecule has 0 aromatic carbocycles. The van der Waals surface area contributed by atoms with Crippen LogP contribution in [0, 0.1) is 46.8 Å². The Morgan fingerprint density at radius 1 is 1.05 bits per heavy atom. The molecule has 0 aromatic rings. The van der Waals surface area contributed by atoms with Crippen molar-refractivity contribution in [1.82, 2.24) is 0 Å². The molecular weight excluding hydrogens is 268 g/mol. The average Bonchev–Trinajstić information content (AvgIpc) is 2.79. The van der Waals surface area contributed by atoms with Crippen LogP contribution in [-0.4, -0.2) is 10.7 Å². The van der Waals surface area contributed by atoms with E-state index in [2.05, 4.69) is 31.9 Å². The Labute approximate surface area is 135 Å². The molecule has 3 saturated carbocycles. The van der Waals surface area contributed by atoms with Gasteiger partial charge in [-0.2, -0.15) is 0 Å². The van der Waals surface area contributed by atoms with Gasteiger partial charge in [0.05, 0.1) is 0 Å². The molecule has 22 heavy (non-hydrogen) atoms. The second kappa shape index (κ2) is 4.64. The Balaban J connectivity index is 1.68. The van der Waals surface area contributed by atoms with E-state index in [9.17, 15) is 5.11 Å². The van der Waals surface area contributed by atoms with Gasteiger partial charge in [0.2, 0.25) is 0 Å². The van der Waals surface area contributed by atoms with Gasteiger partial charge in [0, 0.05) is 5.41 Å². The van der Waals surface area contributed by atoms with Crippen molar-refractivity contribution in [3.8, 4) is 12.3 Å². The number of hydrogen-bond acceptors (Lipinski definition) is 1. The summed E-state index contributed by atoms with van der Waals surface area (Å²) in [6.45, 7) is 4.85. The molecule has 0 radical (unpaired) electrons. The fourth-order valence-corrected chi connectivity index (χ4v) is 7.09. The SMILES string of the molecule is C#CC1(O)CC[C@H]2[C@@H]3CCC4CC=CC[C@]4(C)[C@@H]3CC[C@@]21C. The highest BCUT2D eigenvalue weighted by Gasteiger charge is 2.63. The summed E-state index contributed by atoms with van der Waals surface area (Å²) in [6.07, 6.45) is 20.2. The first-order chi connectivity index (χ1) is 10.4. The highest BCUT2D eigenvalue weighted by molar-refractivity contribution is 5.23. The van der Waals surface area contributed by atoms with Crippen LogP contribution in [0.25, 0.3) is 0 Å². The van der Waals surface area contributed by atoms with E-state index in [0.717, 1.165) is 37.0 Å². The number of hydrogen-bond donors (Lipinski definition) is 1. The van der Waals surface area contributed by atoms with Gasteiger partial charge in [-0.1, -0.05) is 31.9 Å². The fourth-order valence-electron chi connectivity index (χ4n) is 7.09. The Morgan fingerprint density at radius 3 is 2.59 bits per heavy atom. The number of fused-ring (bicyclic) bond motifs is 5. The molecule has 1 heteroatoms. The molecule has 0 aliphatic heterocycles. The molecule has 0 amide bonds. The lowest BCUT2D eigenvalue weighted by Crippen LogP contribution is -2.55. The quantitative estimate of drug-likeness (QED) is 0.513. The lowest BCUT2D eigenvalue weighted by atomic mass is 9.45. The van der Waals surface area contributed by atoms with Crippen LogP contribution in [0.3, 0.4) is 0 Å². The zero-order valence-corrected chi connectivity index (χ0v) is 14.1. The molecule has 0 saturated heterocycles. The van der Waals surface area contributed by atoms with E-state index in [0.29, 0.717) is 11.3 Å². The van der Waals surface area contributed by atoms with Crippen molar-refractivity contribution < 1.29 is 5.11 Å². The molecule has 1 nitrogen and oxygen atoms in total. The summed E-state index contributed by atoms with van der Waals surface area (Å²) in [6, 6.07) is 0. The molecule has 4 aliphatic carbocycles. The summed E-state index contributed by atoms with van der Waals surface area (Å²) in [7, 11) is 0. The number of terminal acetylenes is 1. The van der Waals surface area contributed by atoms with E-state index < -0.39 is 5.60 Å². The van der Waals surface area contributed by atoms with Gasteiger partial charge in [-0.25, -0.2) is 0 Å². The number of allylic oxidation sites excluding steroid dienone is 2. The Morgan fingerprint density at radius 2 is 1.82 bits per heavy atom. The van der Waals surface area contributed by atoms with Gasteiger partial charge in [-0.3, -0.25) is 0 Å². The molecule has 120 valence electrons. The smallest absolute Gasteiger partial charge is 0.130 e. The zero-order chi connectivity index (χ0) is 15.6.